The average molecular weight is 428 g/mol. The van der Waals surface area contributed by atoms with E-state index in [1.54, 1.807) is 0 Å². The Hall–Kier alpha value is -3.11. The molecule has 0 spiro atoms. The number of allylic oxidation sites excluding steroid dienone is 2. The van der Waals surface area contributed by atoms with E-state index in [-0.39, 0.29) is 17.9 Å². The maximum Gasteiger partial charge on any atom is 0.434 e. The number of hydrogen-bond donors (Lipinski definition) is 5. The van der Waals surface area contributed by atoms with Crippen molar-refractivity contribution in [3.63, 3.8) is 0 Å². The van der Waals surface area contributed by atoms with Crippen molar-refractivity contribution in [1.82, 2.24) is 15.5 Å². The Kier molecular flexibility index (Phi) is 9.39. The van der Waals surface area contributed by atoms with Crippen molar-refractivity contribution < 1.29 is 28.3 Å². The molecule has 1 rings (SSSR count). The molecule has 0 radical (unpaired) electrons. The van der Waals surface area contributed by atoms with Gasteiger partial charge in [-0.3, -0.25) is 15.5 Å². The van der Waals surface area contributed by atoms with Crippen molar-refractivity contribution in [3.8, 4) is 0 Å². The van der Waals surface area contributed by atoms with Gasteiger partial charge in [0.05, 0.1) is 6.61 Å². The number of nitrogens with one attached hydrogen (secondary N) is 3. The second kappa shape index (κ2) is 14.0. The van der Waals surface area contributed by atoms with Crippen LogP contribution in [0.2, 0.25) is 0 Å². The normalized spacial score (nSPS) is 25.2. The van der Waals surface area contributed by atoms with Crippen molar-refractivity contribution in [2.45, 2.75) is 64.0 Å². The Morgan fingerprint density at radius 2 is 1.97 bits per heavy atom. The molecule has 1 heterocycles. The number of carboxylic acid groups (broad SMARTS) is 1. The van der Waals surface area contributed by atoms with Crippen molar-refractivity contribution >= 4 is 29.9 Å². The molecule has 1 unspecified atom stereocenters. The molecule has 0 aromatic rings. The lowest BCUT2D eigenvalue weighted by Gasteiger charge is -2.29. The van der Waals surface area contributed by atoms with E-state index in [9.17, 15) is 14.4 Å². The van der Waals surface area contributed by atoms with Gasteiger partial charge in [-0.2, -0.15) is 0 Å². The van der Waals surface area contributed by atoms with Gasteiger partial charge in [-0.1, -0.05) is 31.4 Å². The maximum atomic E-state index is 12.7. The summed E-state index contributed by atoms with van der Waals surface area (Å²) in [6, 6.07) is 0. The average Bonchev–Trinajstić information content (AvgIpc) is 2.68. The predicted octanol–water partition coefficient (Wildman–Crippen LogP) is 1.50. The van der Waals surface area contributed by atoms with E-state index >= 15 is 0 Å². The second-order valence-electron chi connectivity index (χ2n) is 6.68. The molecule has 0 saturated carbocycles. The Balaban J connectivity index is 3.28. The third-order valence-corrected chi connectivity index (χ3v) is 4.16. The van der Waals surface area contributed by atoms with E-state index in [1.165, 1.54) is 0 Å². The Morgan fingerprint density at radius 3 is 2.63 bits per heavy atom. The van der Waals surface area contributed by atoms with Crippen LogP contribution in [0.25, 0.3) is 0 Å². The van der Waals surface area contributed by atoms with Gasteiger partial charge < -0.3 is 25.8 Å². The summed E-state index contributed by atoms with van der Waals surface area (Å²) < 4.78 is 28.6. The van der Waals surface area contributed by atoms with Gasteiger partial charge in [0.1, 0.15) is 0 Å². The highest BCUT2D eigenvalue weighted by molar-refractivity contribution is 6.02. The van der Waals surface area contributed by atoms with Crippen molar-refractivity contribution in [2.24, 2.45) is 10.7 Å². The minimum absolute atomic E-state index is 0.00261. The van der Waals surface area contributed by atoms with Gasteiger partial charge in [0.25, 0.3) is 0 Å². The van der Waals surface area contributed by atoms with E-state index in [4.69, 9.17) is 25.1 Å². The van der Waals surface area contributed by atoms with E-state index in [0.717, 1.165) is 32.1 Å². The molecule has 0 saturated heterocycles. The van der Waals surface area contributed by atoms with Crippen LogP contribution < -0.4 is 16.4 Å². The number of aliphatic imine (C=N–C) groups is 1. The van der Waals surface area contributed by atoms with Crippen LogP contribution in [0.15, 0.2) is 17.1 Å². The molecular weight excluding hydrogens is 392 g/mol. The molecule has 0 aromatic heterocycles. The summed E-state index contributed by atoms with van der Waals surface area (Å²) in [5, 5.41) is 20.9. The number of esters is 1. The molecule has 168 valence electrons. The second-order valence-corrected chi connectivity index (χ2v) is 6.68. The lowest BCUT2D eigenvalue weighted by atomic mass is 10.1. The zero-order chi connectivity index (χ0) is 24.9. The van der Waals surface area contributed by atoms with E-state index in [2.05, 4.69) is 21.7 Å². The topological polar surface area (TPSA) is 170 Å². The third-order valence-electron chi connectivity index (χ3n) is 4.16. The molecule has 6 N–H and O–H groups in total. The molecule has 0 aromatic carbocycles. The fourth-order valence-corrected chi connectivity index (χ4v) is 2.68. The molecular formula is C19H32N6O5. The minimum Gasteiger partial charge on any atom is -0.463 e. The number of rotatable bonds is 1. The van der Waals surface area contributed by atoms with E-state index in [1.807, 2.05) is 6.08 Å². The summed E-state index contributed by atoms with van der Waals surface area (Å²) in [6.45, 7) is -3.21. The molecule has 1 aliphatic heterocycles. The lowest BCUT2D eigenvalue weighted by molar-refractivity contribution is -0.149. The molecule has 0 bridgehead atoms. The standard InChI is InChI=1S/C19H32N6O5/c1-25-15(23-17(20)21)16(27)30-13-11-9-7-5-3-2-4-6-8-10-12-14(26)22-18(25)24-19(28)29/h5,7,15H,2-4,6,8-13H2,1H3,(H,28,29)(H4,20,21,23)(H,22,24,26)/b7-5+/i1D3. The highest BCUT2D eigenvalue weighted by atomic mass is 16.5. The van der Waals surface area contributed by atoms with Crippen LogP contribution in [-0.4, -0.2) is 59.6 Å². The van der Waals surface area contributed by atoms with Crippen molar-refractivity contribution in [1.29, 1.82) is 5.41 Å². The van der Waals surface area contributed by atoms with Gasteiger partial charge in [0, 0.05) is 17.5 Å². The van der Waals surface area contributed by atoms with Crippen molar-refractivity contribution in [3.05, 3.63) is 12.2 Å². The first-order valence-electron chi connectivity index (χ1n) is 11.4. The zero-order valence-electron chi connectivity index (χ0n) is 19.9. The van der Waals surface area contributed by atoms with Crippen LogP contribution in [0.5, 0.6) is 0 Å². The van der Waals surface area contributed by atoms with Gasteiger partial charge >= 0.3 is 12.1 Å². The quantitative estimate of drug-likeness (QED) is 0.181. The van der Waals surface area contributed by atoms with Crippen LogP contribution in [-0.2, 0) is 14.3 Å². The SMILES string of the molecule is [2H]C([2H])([2H])N1C(=NC(=O)O)NC(=O)CCCCCCC/C=C/CCCOC(=O)C1NC(=N)N. The van der Waals surface area contributed by atoms with Crippen LogP contribution in [0.3, 0.4) is 0 Å². The number of carbonyl (C=O) groups is 3. The summed E-state index contributed by atoms with van der Waals surface area (Å²) in [5.74, 6) is -3.46. The fraction of sp³-hybridized carbons (Fsp3) is 0.632. The van der Waals surface area contributed by atoms with Gasteiger partial charge in [-0.05, 0) is 32.1 Å². The van der Waals surface area contributed by atoms with Crippen LogP contribution in [0.1, 0.15) is 61.9 Å². The Labute approximate surface area is 180 Å². The molecule has 1 aliphatic rings. The highest BCUT2D eigenvalue weighted by Gasteiger charge is 2.29. The minimum atomic E-state index is -3.16. The molecule has 11 heteroatoms. The molecule has 0 aliphatic carbocycles. The predicted molar refractivity (Wildman–Crippen MR) is 112 cm³/mol. The summed E-state index contributed by atoms with van der Waals surface area (Å²) in [6.07, 6.45) is 6.54. The number of guanidine groups is 2. The van der Waals surface area contributed by atoms with Crippen LogP contribution in [0, 0.1) is 5.41 Å². The first kappa shape index (κ1) is 20.2. The molecule has 2 amide bonds. The Morgan fingerprint density at radius 1 is 1.30 bits per heavy atom. The number of hydrogen-bond acceptors (Lipinski definition) is 5. The molecule has 1 atom stereocenters. The van der Waals surface area contributed by atoms with E-state index < -0.39 is 43.0 Å². The molecule has 30 heavy (non-hydrogen) atoms. The zero-order valence-corrected chi connectivity index (χ0v) is 16.9. The van der Waals surface area contributed by atoms with Gasteiger partial charge in [-0.25, -0.2) is 9.59 Å². The summed E-state index contributed by atoms with van der Waals surface area (Å²) in [5.41, 5.74) is 5.31. The smallest absolute Gasteiger partial charge is 0.434 e. The Bertz CT molecular complexity index is 757. The maximum absolute atomic E-state index is 12.7. The number of ether oxygens (including phenoxy) is 1. The number of nitrogens with two attached hydrogens (primary N) is 1. The van der Waals surface area contributed by atoms with Crippen LogP contribution in [0.4, 0.5) is 4.79 Å². The number of cyclic esters (lactones) is 1. The van der Waals surface area contributed by atoms with Crippen molar-refractivity contribution in [2.75, 3.05) is 13.6 Å². The lowest BCUT2D eigenvalue weighted by Crippen LogP contribution is -2.59. The first-order chi connectivity index (χ1) is 15.5. The largest absolute Gasteiger partial charge is 0.463 e. The summed E-state index contributed by atoms with van der Waals surface area (Å²) >= 11 is 0. The molecule has 0 fully saturated rings. The number of likely N-dealkylation sites (N-methyl/N-ethyl adjacent to an activating group) is 1. The number of amides is 2. The van der Waals surface area contributed by atoms with Gasteiger partial charge in [-0.15, -0.1) is 4.99 Å². The molecule has 11 nitrogen and oxygen atoms in total. The number of carbonyl (C=O) groups excluding carboxylic acids is 2. The summed E-state index contributed by atoms with van der Waals surface area (Å²) in [4.78, 5) is 39.8. The first-order valence-corrected chi connectivity index (χ1v) is 9.85. The summed E-state index contributed by atoms with van der Waals surface area (Å²) in [7, 11) is 0. The van der Waals surface area contributed by atoms with Crippen LogP contribution >= 0.6 is 0 Å². The monoisotopic (exact) mass is 427 g/mol. The van der Waals surface area contributed by atoms with E-state index in [0.29, 0.717) is 19.3 Å². The highest BCUT2D eigenvalue weighted by Crippen LogP contribution is 2.09. The van der Waals surface area contributed by atoms with Gasteiger partial charge in [0.15, 0.2) is 5.96 Å². The third kappa shape index (κ3) is 10.4. The number of nitrogens with zero attached hydrogens (tertiary/aromatic N) is 2. The fourth-order valence-electron chi connectivity index (χ4n) is 2.68. The van der Waals surface area contributed by atoms with Gasteiger partial charge in [0.2, 0.25) is 18.0 Å².